The van der Waals surface area contributed by atoms with Gasteiger partial charge in [-0.05, 0) is 6.42 Å². The van der Waals surface area contributed by atoms with Crippen molar-refractivity contribution in [2.45, 2.75) is 19.4 Å². The molecule has 3 heteroatoms. The Morgan fingerprint density at radius 3 is 2.23 bits per heavy atom. The summed E-state index contributed by atoms with van der Waals surface area (Å²) in [6.45, 7) is 12.3. The highest BCUT2D eigenvalue weighted by molar-refractivity contribution is 5.97. The molecule has 0 saturated heterocycles. The van der Waals surface area contributed by atoms with Crippen LogP contribution in [0.4, 0.5) is 0 Å². The first kappa shape index (κ1) is 12.6. The second kappa shape index (κ2) is 8.23. The molecule has 0 radical (unpaired) electrons. The van der Waals surface area contributed by atoms with Gasteiger partial charge >= 0.3 is 0 Å². The smallest absolute Gasteiger partial charge is 0.146 e. The molecule has 0 aromatic carbocycles. The molecule has 1 unspecified atom stereocenters. The molecule has 0 aromatic heterocycles. The van der Waals surface area contributed by atoms with Gasteiger partial charge in [0.05, 0.1) is 0 Å². The zero-order valence-corrected chi connectivity index (χ0v) is 10.8. The molecule has 0 N–H and O–H groups in total. The first-order chi connectivity index (χ1) is 6.29. The Hall–Kier alpha value is -0.383. The third-order valence-electron chi connectivity index (χ3n) is 2.07. The van der Waals surface area contributed by atoms with Gasteiger partial charge in [-0.2, -0.15) is 0 Å². The second-order valence-electron chi connectivity index (χ2n) is 3.05. The fourth-order valence-corrected chi connectivity index (χ4v) is 1.76. The summed E-state index contributed by atoms with van der Waals surface area (Å²) in [5, 5.41) is 0. The van der Waals surface area contributed by atoms with Crippen molar-refractivity contribution in [3.05, 3.63) is 25.3 Å². The van der Waals surface area contributed by atoms with E-state index in [0.29, 0.717) is 6.04 Å². The van der Waals surface area contributed by atoms with Crippen LogP contribution in [-0.4, -0.2) is 41.1 Å². The number of hydrogen-bond acceptors (Lipinski definition) is 2. The quantitative estimate of drug-likeness (QED) is 0.422. The van der Waals surface area contributed by atoms with Gasteiger partial charge in [0, 0.05) is 25.7 Å². The highest BCUT2D eigenvalue weighted by Gasteiger charge is 2.12. The normalized spacial score (nSPS) is 13.1. The zero-order valence-electron chi connectivity index (χ0n) is 8.83. The molecule has 0 aromatic rings. The van der Waals surface area contributed by atoms with Gasteiger partial charge < -0.3 is 4.43 Å². The van der Waals surface area contributed by atoms with Gasteiger partial charge in [-0.3, -0.25) is 4.90 Å². The van der Waals surface area contributed by atoms with Gasteiger partial charge in [0.2, 0.25) is 0 Å². The minimum Gasteiger partial charge on any atom is -0.426 e. The van der Waals surface area contributed by atoms with Crippen molar-refractivity contribution in [3.63, 3.8) is 0 Å². The van der Waals surface area contributed by atoms with Crippen LogP contribution in [0.5, 0.6) is 0 Å². The van der Waals surface area contributed by atoms with E-state index >= 15 is 0 Å². The predicted molar refractivity (Wildman–Crippen MR) is 61.9 cm³/mol. The molecule has 0 spiro atoms. The molecule has 0 heterocycles. The molecule has 0 amide bonds. The molecule has 0 aliphatic carbocycles. The number of nitrogens with zero attached hydrogens (tertiary/aromatic N) is 1. The molecule has 0 aliphatic rings. The van der Waals surface area contributed by atoms with E-state index in [-0.39, 0.29) is 0 Å². The first-order valence-electron chi connectivity index (χ1n) is 4.74. The lowest BCUT2D eigenvalue weighted by Crippen LogP contribution is -2.38. The summed E-state index contributed by atoms with van der Waals surface area (Å²) >= 11 is 0. The van der Waals surface area contributed by atoms with Crippen LogP contribution in [0.25, 0.3) is 0 Å². The number of rotatable bonds is 8. The lowest BCUT2D eigenvalue weighted by Gasteiger charge is -2.28. The Morgan fingerprint density at radius 1 is 1.38 bits per heavy atom. The van der Waals surface area contributed by atoms with Gasteiger partial charge in [-0.1, -0.05) is 19.1 Å². The van der Waals surface area contributed by atoms with E-state index in [1.165, 1.54) is 0 Å². The molecule has 0 fully saturated rings. The Labute approximate surface area is 84.8 Å². The summed E-state index contributed by atoms with van der Waals surface area (Å²) in [6.07, 6.45) is 4.97. The van der Waals surface area contributed by atoms with Crippen molar-refractivity contribution in [3.8, 4) is 0 Å². The first-order valence-corrected chi connectivity index (χ1v) is 5.56. The molecule has 1 atom stereocenters. The van der Waals surface area contributed by atoms with Gasteiger partial charge in [0.1, 0.15) is 10.5 Å². The molecule has 0 aliphatic heterocycles. The summed E-state index contributed by atoms with van der Waals surface area (Å²) < 4.78 is 5.30. The van der Waals surface area contributed by atoms with Crippen LogP contribution in [0.15, 0.2) is 25.3 Å². The Kier molecular flexibility index (Phi) is 7.98. The summed E-state index contributed by atoms with van der Waals surface area (Å²) in [5.41, 5.74) is 0. The average molecular weight is 199 g/mol. The minimum absolute atomic E-state index is 0.508. The average Bonchev–Trinajstić information content (AvgIpc) is 2.14. The third-order valence-corrected chi connectivity index (χ3v) is 2.41. The molecular formula is C10H21NOSi. The van der Waals surface area contributed by atoms with Crippen LogP contribution in [0, 0.1) is 0 Å². The maximum atomic E-state index is 5.30. The topological polar surface area (TPSA) is 12.5 Å². The lowest BCUT2D eigenvalue weighted by molar-refractivity contribution is 0.162. The van der Waals surface area contributed by atoms with Gasteiger partial charge in [0.25, 0.3) is 0 Å². The Morgan fingerprint density at radius 2 is 1.92 bits per heavy atom. The largest absolute Gasteiger partial charge is 0.426 e. The van der Waals surface area contributed by atoms with Crippen LogP contribution >= 0.6 is 0 Å². The van der Waals surface area contributed by atoms with Crippen LogP contribution < -0.4 is 0 Å². The highest BCUT2D eigenvalue weighted by Crippen LogP contribution is 2.04. The van der Waals surface area contributed by atoms with E-state index in [1.807, 2.05) is 12.2 Å². The van der Waals surface area contributed by atoms with Crippen LogP contribution in [0.1, 0.15) is 13.3 Å². The van der Waals surface area contributed by atoms with E-state index in [1.54, 1.807) is 0 Å². The van der Waals surface area contributed by atoms with E-state index < -0.39 is 0 Å². The fourth-order valence-electron chi connectivity index (χ4n) is 1.38. The van der Waals surface area contributed by atoms with Gasteiger partial charge in [0.15, 0.2) is 0 Å². The van der Waals surface area contributed by atoms with Crippen LogP contribution in [0.3, 0.4) is 0 Å². The summed E-state index contributed by atoms with van der Waals surface area (Å²) in [7, 11) is 0.817. The Bertz CT molecular complexity index is 140. The molecule has 2 nitrogen and oxygen atoms in total. The van der Waals surface area contributed by atoms with E-state index in [2.05, 4.69) is 25.0 Å². The lowest BCUT2D eigenvalue weighted by atomic mass is 10.2. The van der Waals surface area contributed by atoms with Crippen molar-refractivity contribution in [2.75, 3.05) is 19.7 Å². The van der Waals surface area contributed by atoms with Crippen molar-refractivity contribution >= 4 is 10.5 Å². The summed E-state index contributed by atoms with van der Waals surface area (Å²) in [4.78, 5) is 2.33. The fraction of sp³-hybridized carbons (Fsp3) is 0.600. The SMILES string of the molecule is C=CCN(CC=C)C(CC)CO[SiH3]. The van der Waals surface area contributed by atoms with Crippen molar-refractivity contribution < 1.29 is 4.43 Å². The standard InChI is InChI=1S/C10H21NOSi/c1-4-7-11(8-5-2)10(6-3)9-12-13/h4-5,10H,1-2,6-9H2,3,13H3. The van der Waals surface area contributed by atoms with Crippen molar-refractivity contribution in [2.24, 2.45) is 0 Å². The zero-order chi connectivity index (χ0) is 10.1. The number of hydrogen-bond donors (Lipinski definition) is 0. The minimum atomic E-state index is 0.508. The molecule has 0 saturated carbocycles. The predicted octanol–water partition coefficient (Wildman–Crippen LogP) is 0.736. The monoisotopic (exact) mass is 199 g/mol. The van der Waals surface area contributed by atoms with E-state index in [4.69, 9.17) is 4.43 Å². The van der Waals surface area contributed by atoms with Crippen molar-refractivity contribution in [1.82, 2.24) is 4.90 Å². The van der Waals surface area contributed by atoms with Gasteiger partial charge in [-0.15, -0.1) is 13.2 Å². The molecule has 0 rings (SSSR count). The summed E-state index contributed by atoms with van der Waals surface area (Å²) in [5.74, 6) is 0. The molecule has 76 valence electrons. The maximum Gasteiger partial charge on any atom is 0.146 e. The van der Waals surface area contributed by atoms with Crippen LogP contribution in [0.2, 0.25) is 0 Å². The molecule has 13 heavy (non-hydrogen) atoms. The Balaban J connectivity index is 4.09. The highest BCUT2D eigenvalue weighted by atomic mass is 28.2. The van der Waals surface area contributed by atoms with Crippen LogP contribution in [-0.2, 0) is 4.43 Å². The van der Waals surface area contributed by atoms with E-state index in [0.717, 1.165) is 36.6 Å². The maximum absolute atomic E-state index is 5.30. The third kappa shape index (κ3) is 5.03. The summed E-state index contributed by atoms with van der Waals surface area (Å²) in [6, 6.07) is 0.508. The van der Waals surface area contributed by atoms with E-state index in [9.17, 15) is 0 Å². The van der Waals surface area contributed by atoms with Crippen molar-refractivity contribution in [1.29, 1.82) is 0 Å². The van der Waals surface area contributed by atoms with Gasteiger partial charge in [-0.25, -0.2) is 0 Å². The second-order valence-corrected chi connectivity index (χ2v) is 3.63. The molecular weight excluding hydrogens is 178 g/mol. The molecule has 0 bridgehead atoms.